The lowest BCUT2D eigenvalue weighted by Crippen LogP contribution is -2.24. The van der Waals surface area contributed by atoms with E-state index in [1.54, 1.807) is 0 Å². The molecule has 2 heteroatoms. The van der Waals surface area contributed by atoms with Gasteiger partial charge >= 0.3 is 0 Å². The lowest BCUT2D eigenvalue weighted by atomic mass is 10.2. The first-order valence-corrected chi connectivity index (χ1v) is 6.34. The normalized spacial score (nSPS) is 12.2. The molecular weight excluding hydrogens is 202 g/mol. The molecule has 0 aromatic carbocycles. The summed E-state index contributed by atoms with van der Waals surface area (Å²) in [5, 5.41) is 0.221. The van der Waals surface area contributed by atoms with Crippen LogP contribution in [0.2, 0.25) is 0 Å². The van der Waals surface area contributed by atoms with Crippen molar-refractivity contribution in [2.45, 2.75) is 44.3 Å². The molecule has 88 valence electrons. The zero-order chi connectivity index (χ0) is 11.7. The van der Waals surface area contributed by atoms with Crippen molar-refractivity contribution in [1.29, 1.82) is 0 Å². The van der Waals surface area contributed by atoms with Crippen molar-refractivity contribution in [3.05, 3.63) is 24.9 Å². The number of allylic oxidation sites excluding steroid dienone is 1. The Balaban J connectivity index is 3.72. The fourth-order valence-corrected chi connectivity index (χ4v) is 1.81. The van der Waals surface area contributed by atoms with E-state index in [0.29, 0.717) is 0 Å². The second kappa shape index (κ2) is 8.90. The summed E-state index contributed by atoms with van der Waals surface area (Å²) in [5.41, 5.74) is 1.11. The van der Waals surface area contributed by atoms with E-state index in [-0.39, 0.29) is 5.25 Å². The van der Waals surface area contributed by atoms with E-state index in [0.717, 1.165) is 18.7 Å². The highest BCUT2D eigenvalue weighted by molar-refractivity contribution is 7.81. The zero-order valence-electron chi connectivity index (χ0n) is 10.2. The Kier molecular flexibility index (Phi) is 8.68. The van der Waals surface area contributed by atoms with Gasteiger partial charge in [0.1, 0.15) is 0 Å². The summed E-state index contributed by atoms with van der Waals surface area (Å²) in [6.45, 7) is 11.1. The highest BCUT2D eigenvalue weighted by Gasteiger charge is 2.09. The van der Waals surface area contributed by atoms with Crippen LogP contribution in [-0.4, -0.2) is 23.7 Å². The Bertz CT molecular complexity index is 189. The van der Waals surface area contributed by atoms with Crippen molar-refractivity contribution in [2.75, 3.05) is 13.6 Å². The topological polar surface area (TPSA) is 3.24 Å². The Hall–Kier alpha value is -0.370. The molecule has 0 bridgehead atoms. The molecule has 0 N–H and O–H groups in total. The maximum Gasteiger partial charge on any atom is 0.0444 e. The summed E-state index contributed by atoms with van der Waals surface area (Å²) < 4.78 is 0. The highest BCUT2D eigenvalue weighted by Crippen LogP contribution is 2.15. The molecule has 0 aliphatic carbocycles. The predicted molar refractivity (Wildman–Crippen MR) is 73.5 cm³/mol. The van der Waals surface area contributed by atoms with Crippen LogP contribution in [0.3, 0.4) is 0 Å². The van der Waals surface area contributed by atoms with E-state index in [4.69, 9.17) is 0 Å². The van der Waals surface area contributed by atoms with Crippen molar-refractivity contribution in [3.8, 4) is 0 Å². The van der Waals surface area contributed by atoms with Crippen molar-refractivity contribution in [3.63, 3.8) is 0 Å². The maximum absolute atomic E-state index is 4.50. The summed E-state index contributed by atoms with van der Waals surface area (Å²) in [6.07, 6.45) is 7.97. The van der Waals surface area contributed by atoms with Gasteiger partial charge in [-0.2, -0.15) is 12.6 Å². The van der Waals surface area contributed by atoms with Crippen LogP contribution in [0.4, 0.5) is 0 Å². The summed E-state index contributed by atoms with van der Waals surface area (Å²) in [5.74, 6) is 0. The molecule has 1 atom stereocenters. The Morgan fingerprint density at radius 2 is 2.07 bits per heavy atom. The molecule has 0 heterocycles. The van der Waals surface area contributed by atoms with E-state index < -0.39 is 0 Å². The number of hydrogen-bond acceptors (Lipinski definition) is 2. The number of nitrogens with zero attached hydrogens (tertiary/aromatic N) is 1. The molecule has 0 saturated carbocycles. The molecule has 0 spiro atoms. The standard InChI is InChI=1S/C13H25NS/c1-5-7-8-9-11-14(4)12(3)13(15)10-6-2/h6,13,15H,2-3,5,7-11H2,1,4H3. The van der Waals surface area contributed by atoms with Crippen LogP contribution in [0, 0.1) is 0 Å². The summed E-state index contributed by atoms with van der Waals surface area (Å²) in [7, 11) is 2.10. The van der Waals surface area contributed by atoms with Crippen LogP contribution in [0.1, 0.15) is 39.0 Å². The van der Waals surface area contributed by atoms with Crippen molar-refractivity contribution in [1.82, 2.24) is 4.90 Å². The third-order valence-corrected chi connectivity index (χ3v) is 3.12. The minimum absolute atomic E-state index is 0.221. The monoisotopic (exact) mass is 227 g/mol. The largest absolute Gasteiger partial charge is 0.377 e. The van der Waals surface area contributed by atoms with E-state index in [2.05, 4.69) is 44.7 Å². The first-order valence-electron chi connectivity index (χ1n) is 5.82. The van der Waals surface area contributed by atoms with Crippen LogP contribution >= 0.6 is 12.6 Å². The molecule has 0 fully saturated rings. The number of thiol groups is 1. The van der Waals surface area contributed by atoms with Gasteiger partial charge in [-0.3, -0.25) is 0 Å². The van der Waals surface area contributed by atoms with Gasteiger partial charge in [-0.15, -0.1) is 6.58 Å². The third-order valence-electron chi connectivity index (χ3n) is 2.61. The van der Waals surface area contributed by atoms with Crippen molar-refractivity contribution >= 4 is 12.6 Å². The van der Waals surface area contributed by atoms with Gasteiger partial charge in [0.2, 0.25) is 0 Å². The molecule has 15 heavy (non-hydrogen) atoms. The van der Waals surface area contributed by atoms with Crippen LogP contribution in [-0.2, 0) is 0 Å². The van der Waals surface area contributed by atoms with E-state index in [1.165, 1.54) is 25.7 Å². The minimum atomic E-state index is 0.221. The van der Waals surface area contributed by atoms with Gasteiger partial charge in [0.05, 0.1) is 0 Å². The number of unbranched alkanes of at least 4 members (excludes halogenated alkanes) is 3. The van der Waals surface area contributed by atoms with Crippen LogP contribution in [0.15, 0.2) is 24.9 Å². The second-order valence-electron chi connectivity index (χ2n) is 4.01. The molecule has 0 amide bonds. The molecule has 1 unspecified atom stereocenters. The van der Waals surface area contributed by atoms with E-state index >= 15 is 0 Å². The Morgan fingerprint density at radius 1 is 1.40 bits per heavy atom. The average Bonchev–Trinajstić information content (AvgIpc) is 2.23. The van der Waals surface area contributed by atoms with Gasteiger partial charge in [0, 0.05) is 24.5 Å². The van der Waals surface area contributed by atoms with Crippen LogP contribution < -0.4 is 0 Å². The Labute approximate surface area is 101 Å². The zero-order valence-corrected chi connectivity index (χ0v) is 11.1. The van der Waals surface area contributed by atoms with Gasteiger partial charge in [-0.25, -0.2) is 0 Å². The highest BCUT2D eigenvalue weighted by atomic mass is 32.1. The molecule has 1 nitrogen and oxygen atoms in total. The molecule has 0 aromatic rings. The fraction of sp³-hybridized carbons (Fsp3) is 0.692. The second-order valence-corrected chi connectivity index (χ2v) is 4.64. The smallest absolute Gasteiger partial charge is 0.0444 e. The maximum atomic E-state index is 4.50. The predicted octanol–water partition coefficient (Wildman–Crippen LogP) is 3.89. The lowest BCUT2D eigenvalue weighted by Gasteiger charge is -2.25. The van der Waals surface area contributed by atoms with Crippen molar-refractivity contribution < 1.29 is 0 Å². The first-order chi connectivity index (χ1) is 7.13. The Morgan fingerprint density at radius 3 is 2.60 bits per heavy atom. The first kappa shape index (κ1) is 14.6. The van der Waals surface area contributed by atoms with Gasteiger partial charge < -0.3 is 4.90 Å². The third kappa shape index (κ3) is 6.67. The summed E-state index contributed by atoms with van der Waals surface area (Å²) >= 11 is 4.50. The molecule has 0 aliphatic rings. The SMILES string of the molecule is C=CCC(S)C(=C)N(C)CCCCCC. The van der Waals surface area contributed by atoms with Gasteiger partial charge in [0.15, 0.2) is 0 Å². The summed E-state index contributed by atoms with van der Waals surface area (Å²) in [4.78, 5) is 2.22. The molecule has 0 aromatic heterocycles. The van der Waals surface area contributed by atoms with Crippen molar-refractivity contribution in [2.24, 2.45) is 0 Å². The number of rotatable bonds is 9. The van der Waals surface area contributed by atoms with Gasteiger partial charge in [-0.05, 0) is 12.8 Å². The fourth-order valence-electron chi connectivity index (χ4n) is 1.47. The van der Waals surface area contributed by atoms with Gasteiger partial charge in [-0.1, -0.05) is 38.8 Å². The number of hydrogen-bond donors (Lipinski definition) is 1. The van der Waals surface area contributed by atoms with E-state index in [1.807, 2.05) is 6.08 Å². The van der Waals surface area contributed by atoms with E-state index in [9.17, 15) is 0 Å². The van der Waals surface area contributed by atoms with Gasteiger partial charge in [0.25, 0.3) is 0 Å². The lowest BCUT2D eigenvalue weighted by molar-refractivity contribution is 0.390. The summed E-state index contributed by atoms with van der Waals surface area (Å²) in [6, 6.07) is 0. The minimum Gasteiger partial charge on any atom is -0.377 e. The quantitative estimate of drug-likeness (QED) is 0.355. The van der Waals surface area contributed by atoms with Crippen LogP contribution in [0.25, 0.3) is 0 Å². The van der Waals surface area contributed by atoms with Crippen LogP contribution in [0.5, 0.6) is 0 Å². The molecule has 0 saturated heterocycles. The molecule has 0 aliphatic heterocycles. The molecule has 0 radical (unpaired) electrons. The molecule has 0 rings (SSSR count). The average molecular weight is 227 g/mol. The molecular formula is C13H25NS.